The van der Waals surface area contributed by atoms with E-state index >= 15 is 0 Å². The lowest BCUT2D eigenvalue weighted by Crippen LogP contribution is -2.39. The Morgan fingerprint density at radius 3 is 2.29 bits per heavy atom. The maximum Gasteiger partial charge on any atom is 0.251 e. The molecule has 0 aromatic heterocycles. The van der Waals surface area contributed by atoms with Crippen LogP contribution < -0.4 is 10.6 Å². The number of hydrogen-bond donors (Lipinski definition) is 3. The molecule has 1 aliphatic rings. The van der Waals surface area contributed by atoms with Crippen LogP contribution in [0.2, 0.25) is 0 Å². The molecule has 1 aromatic carbocycles. The molecule has 2 rings (SSSR count). The van der Waals surface area contributed by atoms with E-state index in [1.165, 1.54) is 0 Å². The number of hydrogen-bond acceptors (Lipinski definition) is 3. The minimum Gasteiger partial charge on any atom is -0.396 e. The molecule has 1 aliphatic carbocycles. The molecule has 1 fully saturated rings. The Morgan fingerprint density at radius 2 is 1.76 bits per heavy atom. The molecule has 114 valence electrons. The summed E-state index contributed by atoms with van der Waals surface area (Å²) in [5.41, 5.74) is 2.48. The second-order valence-electron chi connectivity index (χ2n) is 5.99. The second-order valence-corrected chi connectivity index (χ2v) is 5.99. The fourth-order valence-electron chi connectivity index (χ4n) is 2.28. The van der Waals surface area contributed by atoms with Gasteiger partial charge >= 0.3 is 0 Å². The summed E-state index contributed by atoms with van der Waals surface area (Å²) in [4.78, 5) is 23.7. The first kappa shape index (κ1) is 15.5. The molecule has 21 heavy (non-hydrogen) atoms. The third-order valence-electron chi connectivity index (χ3n) is 3.85. The average molecular weight is 290 g/mol. The predicted molar refractivity (Wildman–Crippen MR) is 80.0 cm³/mol. The molecule has 0 aliphatic heterocycles. The van der Waals surface area contributed by atoms with Crippen molar-refractivity contribution in [3.63, 3.8) is 0 Å². The minimum absolute atomic E-state index is 0.0483. The molecule has 0 saturated heterocycles. The number of nitrogens with one attached hydrogen (secondary N) is 2. The van der Waals surface area contributed by atoms with E-state index in [1.807, 2.05) is 19.9 Å². The average Bonchev–Trinajstić information content (AvgIpc) is 3.22. The fourth-order valence-corrected chi connectivity index (χ4v) is 2.28. The van der Waals surface area contributed by atoms with Crippen molar-refractivity contribution in [2.45, 2.75) is 26.7 Å². The first-order valence-electron chi connectivity index (χ1n) is 7.18. The lowest BCUT2D eigenvalue weighted by molar-refractivity contribution is -0.120. The van der Waals surface area contributed by atoms with Crippen LogP contribution in [0.3, 0.4) is 0 Å². The van der Waals surface area contributed by atoms with Crippen molar-refractivity contribution in [1.82, 2.24) is 10.6 Å². The van der Waals surface area contributed by atoms with Crippen molar-refractivity contribution in [3.05, 3.63) is 34.9 Å². The number of aryl methyl sites for hydroxylation is 2. The molecular formula is C16H22N2O3. The van der Waals surface area contributed by atoms with Gasteiger partial charge in [-0.05, 0) is 38.8 Å². The molecule has 5 nitrogen and oxygen atoms in total. The Labute approximate surface area is 124 Å². The molecule has 0 heterocycles. The summed E-state index contributed by atoms with van der Waals surface area (Å²) in [6.45, 7) is 4.39. The summed E-state index contributed by atoms with van der Waals surface area (Å²) >= 11 is 0. The van der Waals surface area contributed by atoms with Crippen LogP contribution >= 0.6 is 0 Å². The monoisotopic (exact) mass is 290 g/mol. The van der Waals surface area contributed by atoms with Gasteiger partial charge in [-0.25, -0.2) is 0 Å². The summed E-state index contributed by atoms with van der Waals surface area (Å²) in [6.07, 6.45) is 1.89. The molecule has 0 bridgehead atoms. The van der Waals surface area contributed by atoms with Gasteiger partial charge in [-0.3, -0.25) is 9.59 Å². The number of carbonyl (C=O) groups excluding carboxylic acids is 2. The van der Waals surface area contributed by atoms with Crippen molar-refractivity contribution in [2.75, 3.05) is 19.7 Å². The highest BCUT2D eigenvalue weighted by atomic mass is 16.3. The molecule has 0 unspecified atom stereocenters. The van der Waals surface area contributed by atoms with E-state index in [1.54, 1.807) is 12.1 Å². The van der Waals surface area contributed by atoms with Gasteiger partial charge in [0.1, 0.15) is 0 Å². The van der Waals surface area contributed by atoms with E-state index < -0.39 is 0 Å². The summed E-state index contributed by atoms with van der Waals surface area (Å²) in [5, 5.41) is 14.5. The Morgan fingerprint density at radius 1 is 1.14 bits per heavy atom. The van der Waals surface area contributed by atoms with Gasteiger partial charge in [0, 0.05) is 17.5 Å². The highest BCUT2D eigenvalue weighted by Gasteiger charge is 2.41. The Kier molecular flexibility index (Phi) is 4.63. The van der Waals surface area contributed by atoms with Crippen LogP contribution in [-0.2, 0) is 4.79 Å². The SMILES string of the molecule is Cc1cc(C)cc(C(=O)NCC(=O)NCC2(CO)CC2)c1. The van der Waals surface area contributed by atoms with Gasteiger partial charge in [-0.15, -0.1) is 0 Å². The molecule has 3 N–H and O–H groups in total. The van der Waals surface area contributed by atoms with Gasteiger partial charge in [0.15, 0.2) is 0 Å². The number of aliphatic hydroxyl groups excluding tert-OH is 1. The van der Waals surface area contributed by atoms with Crippen molar-refractivity contribution in [1.29, 1.82) is 0 Å². The van der Waals surface area contributed by atoms with Crippen molar-refractivity contribution < 1.29 is 14.7 Å². The zero-order valence-corrected chi connectivity index (χ0v) is 12.5. The number of benzene rings is 1. The molecule has 0 spiro atoms. The maximum atomic E-state index is 12.0. The summed E-state index contributed by atoms with van der Waals surface area (Å²) in [7, 11) is 0. The predicted octanol–water partition coefficient (Wildman–Crippen LogP) is 0.922. The van der Waals surface area contributed by atoms with Crippen LogP contribution in [0.5, 0.6) is 0 Å². The Bertz CT molecular complexity index is 530. The van der Waals surface area contributed by atoms with Gasteiger partial charge in [-0.1, -0.05) is 17.2 Å². The van der Waals surface area contributed by atoms with E-state index in [9.17, 15) is 9.59 Å². The highest BCUT2D eigenvalue weighted by molar-refractivity contribution is 5.96. The number of amides is 2. The fraction of sp³-hybridized carbons (Fsp3) is 0.500. The topological polar surface area (TPSA) is 78.4 Å². The molecule has 2 amide bonds. The van der Waals surface area contributed by atoms with E-state index in [-0.39, 0.29) is 30.4 Å². The molecular weight excluding hydrogens is 268 g/mol. The van der Waals surface area contributed by atoms with Crippen LogP contribution in [0.1, 0.15) is 34.3 Å². The quantitative estimate of drug-likeness (QED) is 0.729. The van der Waals surface area contributed by atoms with Crippen LogP contribution in [0.15, 0.2) is 18.2 Å². The maximum absolute atomic E-state index is 12.0. The third kappa shape index (κ3) is 4.29. The van der Waals surface area contributed by atoms with Crippen LogP contribution in [-0.4, -0.2) is 36.6 Å². The zero-order chi connectivity index (χ0) is 15.5. The van der Waals surface area contributed by atoms with Gasteiger partial charge in [0.05, 0.1) is 13.2 Å². The van der Waals surface area contributed by atoms with Crippen molar-refractivity contribution in [2.24, 2.45) is 5.41 Å². The summed E-state index contributed by atoms with van der Waals surface area (Å²) in [6, 6.07) is 5.59. The number of rotatable bonds is 6. The van der Waals surface area contributed by atoms with Gasteiger partial charge in [0.2, 0.25) is 5.91 Å². The van der Waals surface area contributed by atoms with Crippen LogP contribution in [0.25, 0.3) is 0 Å². The first-order valence-corrected chi connectivity index (χ1v) is 7.18. The van der Waals surface area contributed by atoms with Gasteiger partial charge in [-0.2, -0.15) is 0 Å². The Hall–Kier alpha value is -1.88. The number of aliphatic hydroxyl groups is 1. The van der Waals surface area contributed by atoms with E-state index in [2.05, 4.69) is 10.6 Å². The molecule has 1 saturated carbocycles. The standard InChI is InChI=1S/C16H22N2O3/c1-11-5-12(2)7-13(6-11)15(21)17-8-14(20)18-9-16(10-19)3-4-16/h5-7,19H,3-4,8-10H2,1-2H3,(H,17,21)(H,18,20). The lowest BCUT2D eigenvalue weighted by atomic mass is 10.1. The number of carbonyl (C=O) groups is 2. The highest BCUT2D eigenvalue weighted by Crippen LogP contribution is 2.44. The summed E-state index contributed by atoms with van der Waals surface area (Å²) in [5.74, 6) is -0.479. The Balaban J connectivity index is 1.79. The lowest BCUT2D eigenvalue weighted by Gasteiger charge is -2.13. The molecule has 0 radical (unpaired) electrons. The zero-order valence-electron chi connectivity index (χ0n) is 12.5. The normalized spacial score (nSPS) is 15.4. The first-order chi connectivity index (χ1) is 9.94. The van der Waals surface area contributed by atoms with E-state index in [0.717, 1.165) is 24.0 Å². The van der Waals surface area contributed by atoms with Gasteiger partial charge < -0.3 is 15.7 Å². The van der Waals surface area contributed by atoms with Crippen LogP contribution in [0.4, 0.5) is 0 Å². The van der Waals surface area contributed by atoms with E-state index in [0.29, 0.717) is 12.1 Å². The van der Waals surface area contributed by atoms with Gasteiger partial charge in [0.25, 0.3) is 5.91 Å². The molecule has 5 heteroatoms. The van der Waals surface area contributed by atoms with E-state index in [4.69, 9.17) is 5.11 Å². The molecule has 0 atom stereocenters. The minimum atomic E-state index is -0.250. The largest absolute Gasteiger partial charge is 0.396 e. The smallest absolute Gasteiger partial charge is 0.251 e. The van der Waals surface area contributed by atoms with Crippen LogP contribution in [0, 0.1) is 19.3 Å². The molecule has 1 aromatic rings. The van der Waals surface area contributed by atoms with Crippen molar-refractivity contribution in [3.8, 4) is 0 Å². The second kappa shape index (κ2) is 6.26. The van der Waals surface area contributed by atoms with Crippen molar-refractivity contribution >= 4 is 11.8 Å². The summed E-state index contributed by atoms with van der Waals surface area (Å²) < 4.78 is 0. The third-order valence-corrected chi connectivity index (χ3v) is 3.85.